The Kier molecular flexibility index (Phi) is 6.83. The Morgan fingerprint density at radius 1 is 0.872 bits per heavy atom. The molecule has 0 saturated heterocycles. The van der Waals surface area contributed by atoms with Gasteiger partial charge in [-0.05, 0) is 68.2 Å². The van der Waals surface area contributed by atoms with E-state index in [1.54, 1.807) is 17.7 Å². The molecule has 0 atom stereocenters. The van der Waals surface area contributed by atoms with Crippen LogP contribution in [0.1, 0.15) is 34.7 Å². The molecule has 1 aromatic heterocycles. The quantitative estimate of drug-likeness (QED) is 0.234. The minimum Gasteiger partial charge on any atom is -0.269 e. The smallest absolute Gasteiger partial charge is 0.269 e. The number of hydrogen-bond donors (Lipinski definition) is 0. The zero-order valence-electron chi connectivity index (χ0n) is 22.4. The summed E-state index contributed by atoms with van der Waals surface area (Å²) in [6.07, 6.45) is 3.65. The second kappa shape index (κ2) is 10.4. The van der Waals surface area contributed by atoms with Crippen molar-refractivity contribution < 1.29 is 9.59 Å². The number of hydrogen-bond acceptors (Lipinski definition) is 4. The highest BCUT2D eigenvalue weighted by Gasteiger charge is 2.35. The SMILES string of the molecule is CC1=C(C#N)C(=O)N(Cc2ccccc2)C(=O)/C1=C/c1cn(-c2ccccc2)nc1-c1c(C)cc(C)cc1C. The van der Waals surface area contributed by atoms with E-state index in [1.165, 1.54) is 0 Å². The zero-order valence-corrected chi connectivity index (χ0v) is 22.4. The Balaban J connectivity index is 1.70. The Bertz CT molecular complexity index is 1680. The topological polar surface area (TPSA) is 79.0 Å². The number of nitriles is 1. The number of amides is 2. The van der Waals surface area contributed by atoms with Gasteiger partial charge in [0.05, 0.1) is 12.2 Å². The van der Waals surface area contributed by atoms with Crippen molar-refractivity contribution in [1.29, 1.82) is 5.26 Å². The van der Waals surface area contributed by atoms with E-state index in [1.807, 2.05) is 72.9 Å². The summed E-state index contributed by atoms with van der Waals surface area (Å²) >= 11 is 0. The van der Waals surface area contributed by atoms with Crippen molar-refractivity contribution in [3.63, 3.8) is 0 Å². The van der Waals surface area contributed by atoms with Crippen LogP contribution < -0.4 is 0 Å². The lowest BCUT2D eigenvalue weighted by atomic mass is 9.91. The third kappa shape index (κ3) is 4.83. The Morgan fingerprint density at radius 2 is 1.49 bits per heavy atom. The largest absolute Gasteiger partial charge is 0.271 e. The van der Waals surface area contributed by atoms with E-state index >= 15 is 0 Å². The Labute approximate surface area is 228 Å². The van der Waals surface area contributed by atoms with E-state index in [0.717, 1.165) is 49.7 Å². The molecule has 2 amide bonds. The van der Waals surface area contributed by atoms with Crippen molar-refractivity contribution in [2.24, 2.45) is 0 Å². The van der Waals surface area contributed by atoms with Crippen molar-refractivity contribution in [2.75, 3.05) is 0 Å². The van der Waals surface area contributed by atoms with Crippen LogP contribution in [0, 0.1) is 32.1 Å². The zero-order chi connectivity index (χ0) is 27.7. The number of aromatic nitrogens is 2. The molecule has 0 bridgehead atoms. The van der Waals surface area contributed by atoms with Crippen molar-refractivity contribution in [3.8, 4) is 23.0 Å². The second-order valence-corrected chi connectivity index (χ2v) is 9.84. The molecule has 6 nitrogen and oxygen atoms in total. The molecule has 6 heteroatoms. The van der Waals surface area contributed by atoms with Crippen LogP contribution in [0.15, 0.2) is 95.7 Å². The molecule has 1 aliphatic rings. The monoisotopic (exact) mass is 512 g/mol. The molecule has 5 rings (SSSR count). The Hall–Kier alpha value is -5.02. The number of para-hydroxylation sites is 1. The summed E-state index contributed by atoms with van der Waals surface area (Å²) in [4.78, 5) is 28.1. The molecule has 0 N–H and O–H groups in total. The molecule has 0 fully saturated rings. The molecule has 0 saturated carbocycles. The lowest BCUT2D eigenvalue weighted by Crippen LogP contribution is -2.42. The van der Waals surface area contributed by atoms with Gasteiger partial charge in [0.1, 0.15) is 17.3 Å². The summed E-state index contributed by atoms with van der Waals surface area (Å²) in [5.74, 6) is -1.01. The minimum absolute atomic E-state index is 0.0310. The van der Waals surface area contributed by atoms with E-state index in [4.69, 9.17) is 5.10 Å². The summed E-state index contributed by atoms with van der Waals surface area (Å²) in [5.41, 5.74) is 8.08. The van der Waals surface area contributed by atoms with Crippen molar-refractivity contribution in [2.45, 2.75) is 34.2 Å². The lowest BCUT2D eigenvalue weighted by Gasteiger charge is -2.27. The summed E-state index contributed by atoms with van der Waals surface area (Å²) < 4.78 is 1.80. The van der Waals surface area contributed by atoms with Gasteiger partial charge >= 0.3 is 0 Å². The standard InChI is InChI=1S/C33H28N4O2/c1-21-15-22(2)30(23(3)16-21)31-26(20-37(35-31)27-13-9-6-10-14-27)17-28-24(4)29(18-34)33(39)36(32(28)38)19-25-11-7-5-8-12-25/h5-17,20H,19H2,1-4H3/b28-17+. The van der Waals surface area contributed by atoms with E-state index in [-0.39, 0.29) is 12.1 Å². The van der Waals surface area contributed by atoms with Crippen LogP contribution in [0.3, 0.4) is 0 Å². The predicted octanol–water partition coefficient (Wildman–Crippen LogP) is 6.26. The van der Waals surface area contributed by atoms with E-state index < -0.39 is 11.8 Å². The van der Waals surface area contributed by atoms with Crippen molar-refractivity contribution >= 4 is 17.9 Å². The number of rotatable bonds is 5. The maximum atomic E-state index is 13.8. The van der Waals surface area contributed by atoms with Crippen LogP contribution in [-0.4, -0.2) is 26.5 Å². The van der Waals surface area contributed by atoms with Gasteiger partial charge in [-0.3, -0.25) is 14.5 Å². The lowest BCUT2D eigenvalue weighted by molar-refractivity contribution is -0.141. The van der Waals surface area contributed by atoms with Crippen LogP contribution in [-0.2, 0) is 16.1 Å². The molecule has 0 unspecified atom stereocenters. The molecule has 4 aromatic rings. The fourth-order valence-corrected chi connectivity index (χ4v) is 5.15. The first kappa shape index (κ1) is 25.6. The highest BCUT2D eigenvalue weighted by molar-refractivity contribution is 6.19. The second-order valence-electron chi connectivity index (χ2n) is 9.84. The third-order valence-electron chi connectivity index (χ3n) is 6.99. The molecular weight excluding hydrogens is 484 g/mol. The number of imide groups is 1. The number of carbonyl (C=O) groups excluding carboxylic acids is 2. The van der Waals surface area contributed by atoms with Gasteiger partial charge < -0.3 is 0 Å². The maximum Gasteiger partial charge on any atom is 0.271 e. The molecule has 0 aliphatic carbocycles. The first-order chi connectivity index (χ1) is 18.8. The van der Waals surface area contributed by atoms with Gasteiger partial charge in [0.25, 0.3) is 11.8 Å². The first-order valence-electron chi connectivity index (χ1n) is 12.7. The summed E-state index contributed by atoms with van der Waals surface area (Å²) in [5, 5.41) is 14.8. The molecule has 0 radical (unpaired) electrons. The summed E-state index contributed by atoms with van der Waals surface area (Å²) in [6, 6.07) is 25.3. The average molecular weight is 513 g/mol. The van der Waals surface area contributed by atoms with Crippen LogP contribution in [0.4, 0.5) is 0 Å². The fraction of sp³-hybridized carbons (Fsp3) is 0.152. The first-order valence-corrected chi connectivity index (χ1v) is 12.7. The molecule has 0 spiro atoms. The molecule has 2 heterocycles. The number of benzene rings is 3. The van der Waals surface area contributed by atoms with Crippen LogP contribution in [0.5, 0.6) is 0 Å². The van der Waals surface area contributed by atoms with E-state index in [0.29, 0.717) is 11.1 Å². The van der Waals surface area contributed by atoms with Gasteiger partial charge in [-0.15, -0.1) is 0 Å². The van der Waals surface area contributed by atoms with Gasteiger partial charge in [-0.2, -0.15) is 10.4 Å². The minimum atomic E-state index is -0.577. The van der Waals surface area contributed by atoms with E-state index in [2.05, 4.69) is 32.9 Å². The van der Waals surface area contributed by atoms with Crippen LogP contribution >= 0.6 is 0 Å². The maximum absolute atomic E-state index is 13.8. The number of carbonyl (C=O) groups is 2. The molecular formula is C33H28N4O2. The van der Waals surface area contributed by atoms with Crippen LogP contribution in [0.2, 0.25) is 0 Å². The molecule has 1 aliphatic heterocycles. The van der Waals surface area contributed by atoms with Crippen LogP contribution in [0.25, 0.3) is 23.0 Å². The highest BCUT2D eigenvalue weighted by Crippen LogP contribution is 2.34. The van der Waals surface area contributed by atoms with Crippen molar-refractivity contribution in [3.05, 3.63) is 124 Å². The predicted molar refractivity (Wildman–Crippen MR) is 151 cm³/mol. The summed E-state index contributed by atoms with van der Waals surface area (Å²) in [6.45, 7) is 7.91. The number of nitrogens with zero attached hydrogens (tertiary/aromatic N) is 4. The molecule has 3 aromatic carbocycles. The molecule has 192 valence electrons. The molecule has 39 heavy (non-hydrogen) atoms. The van der Waals surface area contributed by atoms with Gasteiger partial charge in [0.2, 0.25) is 0 Å². The third-order valence-corrected chi connectivity index (χ3v) is 6.99. The van der Waals surface area contributed by atoms with Crippen molar-refractivity contribution in [1.82, 2.24) is 14.7 Å². The van der Waals surface area contributed by atoms with E-state index in [9.17, 15) is 14.9 Å². The van der Waals surface area contributed by atoms with Gasteiger partial charge in [0.15, 0.2) is 0 Å². The van der Waals surface area contributed by atoms with Gasteiger partial charge in [-0.1, -0.05) is 66.2 Å². The van der Waals surface area contributed by atoms with Gasteiger partial charge in [0, 0.05) is 22.9 Å². The number of aryl methyl sites for hydroxylation is 3. The average Bonchev–Trinajstić information content (AvgIpc) is 3.33. The normalized spacial score (nSPS) is 14.7. The summed E-state index contributed by atoms with van der Waals surface area (Å²) in [7, 11) is 0. The highest BCUT2D eigenvalue weighted by atomic mass is 16.2. The Morgan fingerprint density at radius 3 is 2.10 bits per heavy atom. The van der Waals surface area contributed by atoms with Gasteiger partial charge in [-0.25, -0.2) is 4.68 Å². The fourth-order valence-electron chi connectivity index (χ4n) is 5.15.